The van der Waals surface area contributed by atoms with Crippen molar-refractivity contribution >= 4 is 44.9 Å². The SMILES string of the molecule is Cc1ccc2oc3c(c(=O)c2c1)[C@@H](c1ccc(Cl)cc1)N(c1nnc(CC(C)C)s1)C3=O. The van der Waals surface area contributed by atoms with E-state index in [1.54, 1.807) is 24.3 Å². The van der Waals surface area contributed by atoms with Crippen molar-refractivity contribution in [3.63, 3.8) is 0 Å². The highest BCUT2D eigenvalue weighted by atomic mass is 35.5. The molecule has 6 nitrogen and oxygen atoms in total. The Balaban J connectivity index is 1.74. The molecule has 0 fully saturated rings. The third kappa shape index (κ3) is 3.42. The quantitative estimate of drug-likeness (QED) is 0.394. The highest BCUT2D eigenvalue weighted by molar-refractivity contribution is 7.15. The molecule has 0 saturated carbocycles. The lowest BCUT2D eigenvalue weighted by molar-refractivity contribution is 0.0970. The van der Waals surface area contributed by atoms with Crippen LogP contribution >= 0.6 is 22.9 Å². The molecule has 0 radical (unpaired) electrons. The molecule has 8 heteroatoms. The van der Waals surface area contributed by atoms with Gasteiger partial charge in [-0.1, -0.05) is 60.5 Å². The molecular weight excluding hydrogens is 446 g/mol. The van der Waals surface area contributed by atoms with Gasteiger partial charge in [-0.15, -0.1) is 10.2 Å². The molecule has 162 valence electrons. The number of halogens is 1. The van der Waals surface area contributed by atoms with E-state index in [2.05, 4.69) is 24.0 Å². The molecule has 0 unspecified atom stereocenters. The number of rotatable bonds is 4. The molecule has 4 aromatic rings. The first-order valence-electron chi connectivity index (χ1n) is 10.3. The van der Waals surface area contributed by atoms with Gasteiger partial charge in [-0.3, -0.25) is 14.5 Å². The average Bonchev–Trinajstić information content (AvgIpc) is 3.31. The van der Waals surface area contributed by atoms with Gasteiger partial charge in [0.2, 0.25) is 10.9 Å². The predicted molar refractivity (Wildman–Crippen MR) is 126 cm³/mol. The summed E-state index contributed by atoms with van der Waals surface area (Å²) in [6, 6.07) is 11.8. The first-order chi connectivity index (χ1) is 15.3. The summed E-state index contributed by atoms with van der Waals surface area (Å²) in [5.41, 5.74) is 2.18. The second-order valence-electron chi connectivity index (χ2n) is 8.38. The molecular formula is C24H20ClN3O3S. The van der Waals surface area contributed by atoms with E-state index in [-0.39, 0.29) is 11.2 Å². The van der Waals surface area contributed by atoms with Gasteiger partial charge in [-0.25, -0.2) is 0 Å². The summed E-state index contributed by atoms with van der Waals surface area (Å²) in [7, 11) is 0. The average molecular weight is 466 g/mol. The Morgan fingerprint density at radius 1 is 1.12 bits per heavy atom. The van der Waals surface area contributed by atoms with Crippen molar-refractivity contribution < 1.29 is 9.21 Å². The maximum Gasteiger partial charge on any atom is 0.297 e. The maximum absolute atomic E-state index is 13.6. The van der Waals surface area contributed by atoms with E-state index in [0.717, 1.165) is 22.6 Å². The smallest absolute Gasteiger partial charge is 0.297 e. The Hall–Kier alpha value is -3.03. The van der Waals surface area contributed by atoms with Crippen molar-refractivity contribution in [3.8, 4) is 0 Å². The summed E-state index contributed by atoms with van der Waals surface area (Å²) in [6.45, 7) is 6.12. The summed E-state index contributed by atoms with van der Waals surface area (Å²) in [5, 5.41) is 10.9. The predicted octanol–water partition coefficient (Wildman–Crippen LogP) is 5.55. The monoisotopic (exact) mass is 465 g/mol. The fraction of sp³-hybridized carbons (Fsp3) is 0.250. The number of carbonyl (C=O) groups excluding carboxylic acids is 1. The van der Waals surface area contributed by atoms with Crippen LogP contribution in [0.25, 0.3) is 11.0 Å². The second-order valence-corrected chi connectivity index (χ2v) is 9.86. The second kappa shape index (κ2) is 7.83. The van der Waals surface area contributed by atoms with E-state index in [1.807, 2.05) is 25.1 Å². The number of benzene rings is 2. The van der Waals surface area contributed by atoms with Crippen LogP contribution in [0.5, 0.6) is 0 Å². The minimum Gasteiger partial charge on any atom is -0.450 e. The van der Waals surface area contributed by atoms with Crippen molar-refractivity contribution in [3.05, 3.63) is 85.2 Å². The third-order valence-corrected chi connectivity index (χ3v) is 6.65. The number of fused-ring (bicyclic) bond motifs is 2. The van der Waals surface area contributed by atoms with Gasteiger partial charge in [0, 0.05) is 11.4 Å². The van der Waals surface area contributed by atoms with Crippen LogP contribution in [0.3, 0.4) is 0 Å². The fourth-order valence-electron chi connectivity index (χ4n) is 4.02. The van der Waals surface area contributed by atoms with E-state index < -0.39 is 11.9 Å². The van der Waals surface area contributed by atoms with Crippen molar-refractivity contribution in [1.82, 2.24) is 10.2 Å². The summed E-state index contributed by atoms with van der Waals surface area (Å²) in [6.07, 6.45) is 0.763. The largest absolute Gasteiger partial charge is 0.450 e. The molecule has 2 aromatic carbocycles. The Labute approximate surface area is 193 Å². The van der Waals surface area contributed by atoms with Gasteiger partial charge in [0.25, 0.3) is 5.91 Å². The number of carbonyl (C=O) groups is 1. The summed E-state index contributed by atoms with van der Waals surface area (Å²) < 4.78 is 5.99. The minimum absolute atomic E-state index is 0.0481. The van der Waals surface area contributed by atoms with Gasteiger partial charge in [-0.05, 0) is 42.7 Å². The highest BCUT2D eigenvalue weighted by Gasteiger charge is 2.45. The van der Waals surface area contributed by atoms with Gasteiger partial charge in [0.1, 0.15) is 10.6 Å². The lowest BCUT2D eigenvalue weighted by atomic mass is 9.98. The zero-order valence-electron chi connectivity index (χ0n) is 17.8. The lowest BCUT2D eigenvalue weighted by Crippen LogP contribution is -2.29. The summed E-state index contributed by atoms with van der Waals surface area (Å²) in [5.74, 6) is 0.0600. The minimum atomic E-state index is -0.671. The molecule has 1 aliphatic rings. The standard InChI is InChI=1S/C24H20ClN3O3S/c1-12(2)10-18-26-27-24(32-18)28-20(14-5-7-15(25)8-6-14)19-21(29)16-11-13(3)4-9-17(16)31-22(19)23(28)30/h4-9,11-12,20H,10H2,1-3H3/t20-/m1/s1. The molecule has 2 aromatic heterocycles. The molecule has 32 heavy (non-hydrogen) atoms. The van der Waals surface area contributed by atoms with Gasteiger partial charge in [0.15, 0.2) is 5.43 Å². The van der Waals surface area contributed by atoms with Gasteiger partial charge in [0.05, 0.1) is 17.0 Å². The van der Waals surface area contributed by atoms with E-state index in [9.17, 15) is 9.59 Å². The number of anilines is 1. The van der Waals surface area contributed by atoms with Crippen LogP contribution in [0.2, 0.25) is 5.02 Å². The number of aryl methyl sites for hydroxylation is 1. The number of hydrogen-bond donors (Lipinski definition) is 0. The maximum atomic E-state index is 13.6. The van der Waals surface area contributed by atoms with Crippen molar-refractivity contribution in [2.75, 3.05) is 4.90 Å². The number of hydrogen-bond acceptors (Lipinski definition) is 6. The van der Waals surface area contributed by atoms with Crippen LogP contribution in [0.1, 0.15) is 52.1 Å². The van der Waals surface area contributed by atoms with Gasteiger partial charge >= 0.3 is 0 Å². The Bertz CT molecular complexity index is 1410. The molecule has 1 amide bonds. The van der Waals surface area contributed by atoms with Gasteiger partial charge in [-0.2, -0.15) is 0 Å². The van der Waals surface area contributed by atoms with E-state index in [1.165, 1.54) is 16.2 Å². The molecule has 0 bridgehead atoms. The van der Waals surface area contributed by atoms with E-state index in [0.29, 0.717) is 32.6 Å². The number of nitrogens with zero attached hydrogens (tertiary/aromatic N) is 3. The Morgan fingerprint density at radius 2 is 1.88 bits per heavy atom. The van der Waals surface area contributed by atoms with Crippen LogP contribution in [-0.2, 0) is 6.42 Å². The number of aromatic nitrogens is 2. The first-order valence-corrected chi connectivity index (χ1v) is 11.5. The zero-order chi connectivity index (χ0) is 22.6. The fourth-order valence-corrected chi connectivity index (χ4v) is 5.22. The zero-order valence-corrected chi connectivity index (χ0v) is 19.3. The molecule has 1 aliphatic heterocycles. The van der Waals surface area contributed by atoms with Gasteiger partial charge < -0.3 is 4.42 Å². The normalized spacial score (nSPS) is 15.7. The molecule has 1 atom stereocenters. The molecule has 0 N–H and O–H groups in total. The molecule has 0 saturated heterocycles. The lowest BCUT2D eigenvalue weighted by Gasteiger charge is -2.22. The number of amides is 1. The van der Waals surface area contributed by atoms with Crippen molar-refractivity contribution in [2.24, 2.45) is 5.92 Å². The van der Waals surface area contributed by atoms with Crippen molar-refractivity contribution in [1.29, 1.82) is 0 Å². The summed E-state index contributed by atoms with van der Waals surface area (Å²) >= 11 is 7.46. The van der Waals surface area contributed by atoms with Crippen LogP contribution in [0, 0.1) is 12.8 Å². The van der Waals surface area contributed by atoms with Crippen LogP contribution in [0.15, 0.2) is 51.7 Å². The van der Waals surface area contributed by atoms with E-state index >= 15 is 0 Å². The molecule has 0 aliphatic carbocycles. The molecule has 0 spiro atoms. The Morgan fingerprint density at radius 3 is 2.59 bits per heavy atom. The van der Waals surface area contributed by atoms with Crippen LogP contribution in [-0.4, -0.2) is 16.1 Å². The highest BCUT2D eigenvalue weighted by Crippen LogP contribution is 2.42. The topological polar surface area (TPSA) is 76.3 Å². The third-order valence-electron chi connectivity index (χ3n) is 5.46. The molecule has 3 heterocycles. The van der Waals surface area contributed by atoms with E-state index in [4.69, 9.17) is 16.0 Å². The van der Waals surface area contributed by atoms with Crippen molar-refractivity contribution in [2.45, 2.75) is 33.2 Å². The summed E-state index contributed by atoms with van der Waals surface area (Å²) in [4.78, 5) is 28.7. The Kier molecular flexibility index (Phi) is 5.10. The van der Waals surface area contributed by atoms with Crippen LogP contribution in [0.4, 0.5) is 5.13 Å². The molecule has 5 rings (SSSR count). The van der Waals surface area contributed by atoms with Crippen LogP contribution < -0.4 is 10.3 Å². The first kappa shape index (κ1) is 20.8.